The molecular formula is C15H24O2. The lowest BCUT2D eigenvalue weighted by atomic mass is 9.78. The topological polar surface area (TPSA) is 40.5 Å². The number of hydrogen-bond donors (Lipinski definition) is 2. The molecule has 2 nitrogen and oxygen atoms in total. The molecule has 0 unspecified atom stereocenters. The third-order valence-corrected chi connectivity index (χ3v) is 3.34. The summed E-state index contributed by atoms with van der Waals surface area (Å²) in [6.07, 6.45) is 3.94. The predicted molar refractivity (Wildman–Crippen MR) is 71.4 cm³/mol. The second kappa shape index (κ2) is 6.06. The van der Waals surface area contributed by atoms with Gasteiger partial charge in [0.05, 0.1) is 0 Å². The van der Waals surface area contributed by atoms with Crippen molar-refractivity contribution in [2.45, 2.75) is 51.9 Å². The van der Waals surface area contributed by atoms with Gasteiger partial charge >= 0.3 is 0 Å². The fraction of sp³-hybridized carbons (Fsp3) is 0.600. The van der Waals surface area contributed by atoms with Crippen molar-refractivity contribution in [2.75, 3.05) is 6.61 Å². The second-order valence-electron chi connectivity index (χ2n) is 5.27. The number of aromatic hydroxyl groups is 1. The highest BCUT2D eigenvalue weighted by molar-refractivity contribution is 5.44. The summed E-state index contributed by atoms with van der Waals surface area (Å²) < 4.78 is 0. The van der Waals surface area contributed by atoms with Crippen LogP contribution in [0.4, 0.5) is 0 Å². The molecule has 96 valence electrons. The summed E-state index contributed by atoms with van der Waals surface area (Å²) in [5.41, 5.74) is 2.04. The third-order valence-electron chi connectivity index (χ3n) is 3.34. The predicted octanol–water partition coefficient (Wildman–Crippen LogP) is 3.39. The molecule has 0 saturated heterocycles. The van der Waals surface area contributed by atoms with Gasteiger partial charge in [0.2, 0.25) is 0 Å². The van der Waals surface area contributed by atoms with E-state index in [9.17, 15) is 5.11 Å². The SMILES string of the molecule is CCCCc1cccc(O)c1C(C)(C)CCO. The Balaban J connectivity index is 3.10. The molecule has 17 heavy (non-hydrogen) atoms. The average Bonchev–Trinajstić information content (AvgIpc) is 2.25. The number of phenols is 1. The number of unbranched alkanes of at least 4 members (excludes halogenated alkanes) is 1. The lowest BCUT2D eigenvalue weighted by Crippen LogP contribution is -2.21. The van der Waals surface area contributed by atoms with Crippen LogP contribution in [0.25, 0.3) is 0 Å². The van der Waals surface area contributed by atoms with Gasteiger partial charge in [0.1, 0.15) is 5.75 Å². The van der Waals surface area contributed by atoms with Crippen LogP contribution in [0.5, 0.6) is 5.75 Å². The molecule has 0 aliphatic rings. The standard InChI is InChI=1S/C15H24O2/c1-4-5-7-12-8-6-9-13(17)14(12)15(2,3)10-11-16/h6,8-9,16-17H,4-5,7,10-11H2,1-3H3. The zero-order valence-electron chi connectivity index (χ0n) is 11.2. The Kier molecular flexibility index (Phi) is 5.01. The van der Waals surface area contributed by atoms with Gasteiger partial charge in [-0.25, -0.2) is 0 Å². The van der Waals surface area contributed by atoms with Crippen molar-refractivity contribution in [1.29, 1.82) is 0 Å². The van der Waals surface area contributed by atoms with Crippen LogP contribution < -0.4 is 0 Å². The molecule has 0 aliphatic carbocycles. The molecule has 0 heterocycles. The quantitative estimate of drug-likeness (QED) is 0.794. The van der Waals surface area contributed by atoms with E-state index in [4.69, 9.17) is 5.11 Å². The molecule has 0 amide bonds. The maximum absolute atomic E-state index is 10.1. The van der Waals surface area contributed by atoms with Gasteiger partial charge in [0, 0.05) is 12.2 Å². The van der Waals surface area contributed by atoms with Crippen LogP contribution in [0.1, 0.15) is 51.2 Å². The minimum absolute atomic E-state index is 0.147. The lowest BCUT2D eigenvalue weighted by molar-refractivity contribution is 0.249. The first kappa shape index (κ1) is 14.0. The maximum Gasteiger partial charge on any atom is 0.119 e. The monoisotopic (exact) mass is 236 g/mol. The summed E-state index contributed by atoms with van der Waals surface area (Å²) in [6, 6.07) is 5.73. The van der Waals surface area contributed by atoms with E-state index in [-0.39, 0.29) is 12.0 Å². The Morgan fingerprint density at radius 3 is 2.53 bits per heavy atom. The minimum atomic E-state index is -0.177. The Morgan fingerprint density at radius 1 is 1.24 bits per heavy atom. The molecule has 1 aromatic carbocycles. The number of rotatable bonds is 6. The van der Waals surface area contributed by atoms with E-state index < -0.39 is 0 Å². The summed E-state index contributed by atoms with van der Waals surface area (Å²) in [7, 11) is 0. The van der Waals surface area contributed by atoms with Gasteiger partial charge in [0.15, 0.2) is 0 Å². The van der Waals surface area contributed by atoms with Gasteiger partial charge in [-0.3, -0.25) is 0 Å². The Bertz CT molecular complexity index is 356. The van der Waals surface area contributed by atoms with E-state index in [1.807, 2.05) is 6.07 Å². The molecule has 0 radical (unpaired) electrons. The molecule has 0 bridgehead atoms. The highest BCUT2D eigenvalue weighted by Crippen LogP contribution is 2.36. The van der Waals surface area contributed by atoms with Crippen molar-refractivity contribution >= 4 is 0 Å². The smallest absolute Gasteiger partial charge is 0.119 e. The van der Waals surface area contributed by atoms with Crippen molar-refractivity contribution < 1.29 is 10.2 Å². The Labute approximate surface area is 104 Å². The highest BCUT2D eigenvalue weighted by atomic mass is 16.3. The van der Waals surface area contributed by atoms with E-state index >= 15 is 0 Å². The number of hydrogen-bond acceptors (Lipinski definition) is 2. The van der Waals surface area contributed by atoms with E-state index in [1.165, 1.54) is 5.56 Å². The Morgan fingerprint density at radius 2 is 1.94 bits per heavy atom. The van der Waals surface area contributed by atoms with Gasteiger partial charge < -0.3 is 10.2 Å². The van der Waals surface area contributed by atoms with Crippen LogP contribution in [0, 0.1) is 0 Å². The van der Waals surface area contributed by atoms with Crippen molar-refractivity contribution in [1.82, 2.24) is 0 Å². The van der Waals surface area contributed by atoms with Crippen LogP contribution in [0.3, 0.4) is 0 Å². The number of phenolic OH excluding ortho intramolecular Hbond substituents is 1. The second-order valence-corrected chi connectivity index (χ2v) is 5.27. The molecule has 1 rings (SSSR count). The fourth-order valence-corrected chi connectivity index (χ4v) is 2.35. The maximum atomic E-state index is 10.1. The van der Waals surface area contributed by atoms with Gasteiger partial charge in [0.25, 0.3) is 0 Å². The minimum Gasteiger partial charge on any atom is -0.508 e. The first-order chi connectivity index (χ1) is 8.03. The Hall–Kier alpha value is -1.02. The van der Waals surface area contributed by atoms with Crippen molar-refractivity contribution in [3.8, 4) is 5.75 Å². The van der Waals surface area contributed by atoms with E-state index in [2.05, 4.69) is 26.8 Å². The largest absolute Gasteiger partial charge is 0.508 e. The summed E-state index contributed by atoms with van der Waals surface area (Å²) in [6.45, 7) is 6.47. The van der Waals surface area contributed by atoms with Gasteiger partial charge in [-0.15, -0.1) is 0 Å². The first-order valence-electron chi connectivity index (χ1n) is 6.45. The molecule has 0 spiro atoms. The zero-order valence-corrected chi connectivity index (χ0v) is 11.2. The third kappa shape index (κ3) is 3.47. The van der Waals surface area contributed by atoms with E-state index in [0.29, 0.717) is 12.2 Å². The van der Waals surface area contributed by atoms with E-state index in [0.717, 1.165) is 24.8 Å². The van der Waals surface area contributed by atoms with Gasteiger partial charge in [-0.2, -0.15) is 0 Å². The van der Waals surface area contributed by atoms with Crippen LogP contribution >= 0.6 is 0 Å². The molecule has 0 fully saturated rings. The summed E-state index contributed by atoms with van der Waals surface area (Å²) in [4.78, 5) is 0. The summed E-state index contributed by atoms with van der Waals surface area (Å²) in [5, 5.41) is 19.2. The molecule has 0 aromatic heterocycles. The summed E-state index contributed by atoms with van der Waals surface area (Å²) in [5.74, 6) is 0.358. The molecular weight excluding hydrogens is 212 g/mol. The lowest BCUT2D eigenvalue weighted by Gasteiger charge is -2.28. The number of benzene rings is 1. The summed E-state index contributed by atoms with van der Waals surface area (Å²) >= 11 is 0. The molecule has 0 atom stereocenters. The molecule has 1 aromatic rings. The van der Waals surface area contributed by atoms with Crippen molar-refractivity contribution in [3.05, 3.63) is 29.3 Å². The highest BCUT2D eigenvalue weighted by Gasteiger charge is 2.25. The van der Waals surface area contributed by atoms with Crippen LogP contribution in [0.15, 0.2) is 18.2 Å². The average molecular weight is 236 g/mol. The molecule has 0 saturated carbocycles. The van der Waals surface area contributed by atoms with Gasteiger partial charge in [-0.1, -0.05) is 39.3 Å². The van der Waals surface area contributed by atoms with E-state index in [1.54, 1.807) is 6.07 Å². The van der Waals surface area contributed by atoms with Crippen molar-refractivity contribution in [3.63, 3.8) is 0 Å². The number of aliphatic hydroxyl groups excluding tert-OH is 1. The first-order valence-corrected chi connectivity index (χ1v) is 6.45. The normalized spacial score (nSPS) is 11.8. The number of aliphatic hydroxyl groups is 1. The fourth-order valence-electron chi connectivity index (χ4n) is 2.35. The van der Waals surface area contributed by atoms with Crippen LogP contribution in [-0.2, 0) is 11.8 Å². The molecule has 0 aliphatic heterocycles. The van der Waals surface area contributed by atoms with Crippen molar-refractivity contribution in [2.24, 2.45) is 0 Å². The number of aryl methyl sites for hydroxylation is 1. The molecule has 2 heteroatoms. The molecule has 2 N–H and O–H groups in total. The van der Waals surface area contributed by atoms with Gasteiger partial charge in [-0.05, 0) is 36.3 Å². The van der Waals surface area contributed by atoms with Crippen LogP contribution in [-0.4, -0.2) is 16.8 Å². The van der Waals surface area contributed by atoms with Crippen LogP contribution in [0.2, 0.25) is 0 Å². The zero-order chi connectivity index (χ0) is 12.9.